The summed E-state index contributed by atoms with van der Waals surface area (Å²) in [7, 11) is 1.56. The zero-order valence-electron chi connectivity index (χ0n) is 8.24. The smallest absolute Gasteiger partial charge is 0.145 e. The van der Waals surface area contributed by atoms with Crippen LogP contribution in [0.25, 0.3) is 0 Å². The number of nitrogens with two attached hydrogens (primary N) is 1. The van der Waals surface area contributed by atoms with Crippen LogP contribution < -0.4 is 16.0 Å². The zero-order valence-corrected chi connectivity index (χ0v) is 8.24. The third-order valence-electron chi connectivity index (χ3n) is 2.16. The Balaban J connectivity index is 3.24. The number of nitriles is 1. The van der Waals surface area contributed by atoms with Crippen LogP contribution in [0, 0.1) is 11.3 Å². The van der Waals surface area contributed by atoms with Gasteiger partial charge in [-0.1, -0.05) is 18.2 Å². The number of nitrogens with zero attached hydrogens (tertiary/aromatic N) is 1. The van der Waals surface area contributed by atoms with E-state index < -0.39 is 5.54 Å². The lowest BCUT2D eigenvalue weighted by molar-refractivity contribution is 0.387. The van der Waals surface area contributed by atoms with Crippen molar-refractivity contribution in [3.8, 4) is 11.8 Å². The van der Waals surface area contributed by atoms with E-state index in [2.05, 4.69) is 11.5 Å². The summed E-state index contributed by atoms with van der Waals surface area (Å²) in [6.45, 7) is 1.70. The van der Waals surface area contributed by atoms with Crippen molar-refractivity contribution in [2.45, 2.75) is 12.5 Å². The van der Waals surface area contributed by atoms with Gasteiger partial charge in [0.15, 0.2) is 0 Å². The Morgan fingerprint density at radius 2 is 2.14 bits per heavy atom. The first-order valence-electron chi connectivity index (χ1n) is 4.20. The second kappa shape index (κ2) is 4.09. The van der Waals surface area contributed by atoms with Crippen LogP contribution in [0.15, 0.2) is 24.3 Å². The number of rotatable bonds is 3. The monoisotopic (exact) mass is 191 g/mol. The van der Waals surface area contributed by atoms with Crippen LogP contribution >= 0.6 is 0 Å². The lowest BCUT2D eigenvalue weighted by Crippen LogP contribution is -2.43. The van der Waals surface area contributed by atoms with Gasteiger partial charge in [-0.05, 0) is 13.0 Å². The highest BCUT2D eigenvalue weighted by atomic mass is 16.5. The quantitative estimate of drug-likeness (QED) is 0.550. The number of nitrogens with one attached hydrogen (secondary N) is 1. The predicted octanol–water partition coefficient (Wildman–Crippen LogP) is 0.897. The summed E-state index contributed by atoms with van der Waals surface area (Å²) in [6, 6.07) is 9.39. The molecular weight excluding hydrogens is 178 g/mol. The first-order valence-corrected chi connectivity index (χ1v) is 4.20. The van der Waals surface area contributed by atoms with Crippen molar-refractivity contribution < 1.29 is 4.74 Å². The van der Waals surface area contributed by atoms with Crippen molar-refractivity contribution in [2.24, 2.45) is 5.84 Å². The Bertz CT molecular complexity index is 359. The average Bonchev–Trinajstić information content (AvgIpc) is 2.28. The highest BCUT2D eigenvalue weighted by molar-refractivity contribution is 5.42. The normalized spacial score (nSPS) is 14.1. The number of hydrogen-bond donors (Lipinski definition) is 2. The van der Waals surface area contributed by atoms with E-state index in [-0.39, 0.29) is 0 Å². The van der Waals surface area contributed by atoms with Gasteiger partial charge < -0.3 is 4.74 Å². The highest BCUT2D eigenvalue weighted by Gasteiger charge is 2.27. The van der Waals surface area contributed by atoms with Crippen molar-refractivity contribution in [2.75, 3.05) is 7.11 Å². The largest absolute Gasteiger partial charge is 0.496 e. The van der Waals surface area contributed by atoms with E-state index in [1.165, 1.54) is 0 Å². The van der Waals surface area contributed by atoms with E-state index in [1.807, 2.05) is 18.2 Å². The molecule has 3 N–H and O–H groups in total. The van der Waals surface area contributed by atoms with Gasteiger partial charge in [0.25, 0.3) is 0 Å². The Hall–Kier alpha value is -1.57. The van der Waals surface area contributed by atoms with Crippen LogP contribution in [0.4, 0.5) is 0 Å². The molecule has 0 aliphatic rings. The van der Waals surface area contributed by atoms with Gasteiger partial charge in [0.05, 0.1) is 13.2 Å². The van der Waals surface area contributed by atoms with Gasteiger partial charge in [-0.25, -0.2) is 5.43 Å². The minimum atomic E-state index is -0.924. The molecule has 14 heavy (non-hydrogen) atoms. The van der Waals surface area contributed by atoms with Gasteiger partial charge in [0, 0.05) is 5.56 Å². The summed E-state index contributed by atoms with van der Waals surface area (Å²) < 4.78 is 5.15. The molecule has 0 aliphatic heterocycles. The maximum Gasteiger partial charge on any atom is 0.145 e. The predicted molar refractivity (Wildman–Crippen MR) is 53.3 cm³/mol. The molecule has 0 amide bonds. The molecule has 0 saturated heterocycles. The molecule has 1 aromatic carbocycles. The molecule has 74 valence electrons. The standard InChI is InChI=1S/C10H13N3O/c1-10(7-11,13-12)8-5-3-4-6-9(8)14-2/h3-6,13H,12H2,1-2H3. The van der Waals surface area contributed by atoms with Crippen molar-refractivity contribution >= 4 is 0 Å². The van der Waals surface area contributed by atoms with Gasteiger partial charge in [0.1, 0.15) is 11.3 Å². The molecule has 1 aromatic rings. The molecule has 0 heterocycles. The number of methoxy groups -OCH3 is 1. The number of hydrogen-bond acceptors (Lipinski definition) is 4. The van der Waals surface area contributed by atoms with Gasteiger partial charge in [-0.3, -0.25) is 5.84 Å². The van der Waals surface area contributed by atoms with Crippen molar-refractivity contribution in [3.05, 3.63) is 29.8 Å². The Labute approximate surface area is 83.3 Å². The lowest BCUT2D eigenvalue weighted by atomic mass is 9.93. The zero-order chi connectivity index (χ0) is 10.6. The van der Waals surface area contributed by atoms with Gasteiger partial charge in [0.2, 0.25) is 0 Å². The van der Waals surface area contributed by atoms with Crippen LogP contribution in [0.3, 0.4) is 0 Å². The maximum absolute atomic E-state index is 9.01. The number of hydrazine groups is 1. The summed E-state index contributed by atoms with van der Waals surface area (Å²) >= 11 is 0. The van der Waals surface area contributed by atoms with E-state index in [4.69, 9.17) is 15.8 Å². The number of benzene rings is 1. The van der Waals surface area contributed by atoms with Crippen molar-refractivity contribution in [3.63, 3.8) is 0 Å². The number of ether oxygens (including phenoxy) is 1. The molecular formula is C10H13N3O. The van der Waals surface area contributed by atoms with Crippen LogP contribution in [0.2, 0.25) is 0 Å². The summed E-state index contributed by atoms with van der Waals surface area (Å²) in [5, 5.41) is 9.01. The van der Waals surface area contributed by atoms with Crippen LogP contribution in [-0.4, -0.2) is 7.11 Å². The minimum Gasteiger partial charge on any atom is -0.496 e. The maximum atomic E-state index is 9.01. The second-order valence-electron chi connectivity index (χ2n) is 3.08. The summed E-state index contributed by atoms with van der Waals surface area (Å²) in [4.78, 5) is 0. The molecule has 0 aliphatic carbocycles. The fourth-order valence-electron chi connectivity index (χ4n) is 1.23. The fourth-order valence-corrected chi connectivity index (χ4v) is 1.23. The summed E-state index contributed by atoms with van der Waals surface area (Å²) in [5.74, 6) is 5.99. The van der Waals surface area contributed by atoms with Gasteiger partial charge in [-0.15, -0.1) is 0 Å². The third-order valence-corrected chi connectivity index (χ3v) is 2.16. The number of para-hydroxylation sites is 1. The van der Waals surface area contributed by atoms with Gasteiger partial charge >= 0.3 is 0 Å². The first-order chi connectivity index (χ1) is 6.68. The average molecular weight is 191 g/mol. The van der Waals surface area contributed by atoms with Crippen LogP contribution in [0.1, 0.15) is 12.5 Å². The molecule has 0 saturated carbocycles. The van der Waals surface area contributed by atoms with E-state index in [0.29, 0.717) is 5.75 Å². The lowest BCUT2D eigenvalue weighted by Gasteiger charge is -2.22. The first kappa shape index (κ1) is 10.5. The molecule has 4 nitrogen and oxygen atoms in total. The molecule has 4 heteroatoms. The van der Waals surface area contributed by atoms with Gasteiger partial charge in [-0.2, -0.15) is 5.26 Å². The Kier molecular flexibility index (Phi) is 3.07. The molecule has 0 spiro atoms. The van der Waals surface area contributed by atoms with Crippen molar-refractivity contribution in [1.82, 2.24) is 5.43 Å². The molecule has 1 rings (SSSR count). The van der Waals surface area contributed by atoms with E-state index in [0.717, 1.165) is 5.56 Å². The molecule has 0 bridgehead atoms. The Morgan fingerprint density at radius 1 is 1.50 bits per heavy atom. The molecule has 1 unspecified atom stereocenters. The third kappa shape index (κ3) is 1.69. The second-order valence-corrected chi connectivity index (χ2v) is 3.08. The summed E-state index contributed by atoms with van der Waals surface area (Å²) in [5.41, 5.74) is 2.28. The van der Waals surface area contributed by atoms with E-state index in [1.54, 1.807) is 20.1 Å². The molecule has 1 atom stereocenters. The fraction of sp³-hybridized carbons (Fsp3) is 0.300. The van der Waals surface area contributed by atoms with Crippen LogP contribution in [0.5, 0.6) is 5.75 Å². The van der Waals surface area contributed by atoms with E-state index in [9.17, 15) is 0 Å². The topological polar surface area (TPSA) is 71.1 Å². The molecule has 0 fully saturated rings. The highest BCUT2D eigenvalue weighted by Crippen LogP contribution is 2.28. The SMILES string of the molecule is COc1ccccc1C(C)(C#N)NN. The van der Waals surface area contributed by atoms with E-state index >= 15 is 0 Å². The van der Waals surface area contributed by atoms with Crippen LogP contribution in [-0.2, 0) is 5.54 Å². The molecule has 0 radical (unpaired) electrons. The van der Waals surface area contributed by atoms with Crippen molar-refractivity contribution in [1.29, 1.82) is 5.26 Å². The molecule has 0 aromatic heterocycles. The Morgan fingerprint density at radius 3 is 2.64 bits per heavy atom. The summed E-state index contributed by atoms with van der Waals surface area (Å²) in [6.07, 6.45) is 0. The minimum absolute atomic E-state index is 0.648.